The van der Waals surface area contributed by atoms with E-state index in [2.05, 4.69) is 287 Å². The molecule has 0 saturated heterocycles. The molecule has 27 rings (SSSR count). The fourth-order valence-corrected chi connectivity index (χ4v) is 21.1. The predicted molar refractivity (Wildman–Crippen MR) is 590 cm³/mol. The number of fused-ring (bicyclic) bond motifs is 36. The number of nitrogens with zero attached hydrogens (tertiary/aromatic N) is 3. The van der Waals surface area contributed by atoms with Gasteiger partial charge in [-0.05, 0) is 260 Å². The van der Waals surface area contributed by atoms with Crippen molar-refractivity contribution in [1.29, 1.82) is 0 Å². The van der Waals surface area contributed by atoms with Crippen molar-refractivity contribution in [2.75, 3.05) is 0 Å². The first-order chi connectivity index (χ1) is 65.5. The average molecular weight is 1750 g/mol. The molecular weight excluding hydrogens is 1590 g/mol. The molecule has 0 atom stereocenters. The summed E-state index contributed by atoms with van der Waals surface area (Å²) in [7, 11) is 0. The normalized spacial score (nSPS) is 11.6. The maximum Gasteiger partial charge on any atom is 0.0583 e. The number of rotatable bonds is 0. The molecule has 0 unspecified atom stereocenters. The molecule has 0 saturated carbocycles. The van der Waals surface area contributed by atoms with E-state index in [1.54, 1.807) is 0 Å². The van der Waals surface area contributed by atoms with Gasteiger partial charge < -0.3 is 13.7 Å². The predicted octanol–water partition coefficient (Wildman–Crippen LogP) is 38.9. The molecule has 18 aromatic rings. The Bertz CT molecular complexity index is 6970. The van der Waals surface area contributed by atoms with E-state index in [4.69, 9.17) is 0 Å². The van der Waals surface area contributed by atoms with Gasteiger partial charge in [-0.2, -0.15) is 0 Å². The fraction of sp³-hybridized carbons (Fsp3) is 0.302. The lowest BCUT2D eigenvalue weighted by atomic mass is 9.88. The molecule has 3 nitrogen and oxygen atoms in total. The van der Waals surface area contributed by atoms with E-state index in [0.717, 1.165) is 57.8 Å². The van der Waals surface area contributed by atoms with Gasteiger partial charge in [-0.15, -0.1) is 0 Å². The molecule has 15 aromatic carbocycles. The van der Waals surface area contributed by atoms with Gasteiger partial charge in [0.1, 0.15) is 0 Å². The van der Waals surface area contributed by atoms with Gasteiger partial charge in [0.2, 0.25) is 0 Å². The molecule has 6 heterocycles. The molecule has 132 heavy (non-hydrogen) atoms. The van der Waals surface area contributed by atoms with Gasteiger partial charge >= 0.3 is 0 Å². The minimum Gasteiger partial charge on any atom is -0.309 e. The number of aromatic nitrogens is 3. The zero-order valence-electron chi connectivity index (χ0n) is 86.2. The molecule has 3 aromatic heterocycles. The van der Waals surface area contributed by atoms with Crippen LogP contribution in [0.4, 0.5) is 0 Å². The number of hydrogen-bond donors (Lipinski definition) is 0. The second-order valence-electron chi connectivity index (χ2n) is 30.4. The molecule has 0 radical (unpaired) electrons. The SMILES string of the molecule is CC.CC.CC.CC.CC.CC.CC.CC.CC.CC.CC.CC.CC.CC.CC.c1ccc2c(c1)Cc1cc3c(cc1-2)-n1c2ccccc2c2c4c(cc(c21)C3)-c1ccccc1C4.c1ccc2c(c1)Cc1cc3c(cc1-2)-n1c2ccccc2c2c4c(cc(c21)C3)Cc1ccccc1-4.c1ccc2c(c1)Cc1cc3c(cc1-2)Cc1c2c(cc4c5ccccc5n-3c14)-c1ccccc1C2. The Balaban J connectivity index is 0.000000180. The van der Waals surface area contributed by atoms with E-state index in [1.807, 2.05) is 208 Å². The van der Waals surface area contributed by atoms with Gasteiger partial charge in [0.15, 0.2) is 0 Å². The highest BCUT2D eigenvalue weighted by Crippen LogP contribution is 2.55. The molecule has 0 spiro atoms. The fourth-order valence-electron chi connectivity index (χ4n) is 21.1. The minimum atomic E-state index is 1.00. The van der Waals surface area contributed by atoms with E-state index in [-0.39, 0.29) is 0 Å². The highest BCUT2D eigenvalue weighted by atomic mass is 15.0. The molecule has 684 valence electrons. The van der Waals surface area contributed by atoms with E-state index in [1.165, 1.54) is 249 Å². The van der Waals surface area contributed by atoms with Crippen molar-refractivity contribution in [3.63, 3.8) is 0 Å². The lowest BCUT2D eigenvalue weighted by molar-refractivity contribution is 1.02. The first-order valence-electron chi connectivity index (χ1n) is 51.8. The van der Waals surface area contributed by atoms with Crippen molar-refractivity contribution >= 4 is 65.4 Å². The molecule has 0 amide bonds. The van der Waals surface area contributed by atoms with Crippen LogP contribution in [0.3, 0.4) is 0 Å². The molecular formula is C129H153N3. The topological polar surface area (TPSA) is 14.8 Å². The third-order valence-corrected chi connectivity index (χ3v) is 25.2. The summed E-state index contributed by atoms with van der Waals surface area (Å²) in [6.45, 7) is 60.0. The number of hydrogen-bond acceptors (Lipinski definition) is 0. The molecule has 6 aliphatic carbocycles. The summed E-state index contributed by atoms with van der Waals surface area (Å²) in [4.78, 5) is 0. The van der Waals surface area contributed by atoms with E-state index in [9.17, 15) is 0 Å². The van der Waals surface area contributed by atoms with E-state index < -0.39 is 0 Å². The van der Waals surface area contributed by atoms with Gasteiger partial charge in [-0.25, -0.2) is 0 Å². The van der Waals surface area contributed by atoms with Crippen molar-refractivity contribution in [3.05, 3.63) is 373 Å². The van der Waals surface area contributed by atoms with Crippen molar-refractivity contribution in [3.8, 4) is 83.8 Å². The highest BCUT2D eigenvalue weighted by molar-refractivity contribution is 6.20. The van der Waals surface area contributed by atoms with Gasteiger partial charge in [-0.1, -0.05) is 426 Å². The van der Waals surface area contributed by atoms with Crippen molar-refractivity contribution in [2.45, 2.75) is 265 Å². The second kappa shape index (κ2) is 47.7. The van der Waals surface area contributed by atoms with Crippen LogP contribution in [-0.2, 0) is 57.8 Å². The van der Waals surface area contributed by atoms with E-state index in [0.29, 0.717) is 0 Å². The van der Waals surface area contributed by atoms with Crippen LogP contribution >= 0.6 is 0 Å². The van der Waals surface area contributed by atoms with Crippen LogP contribution in [0.15, 0.2) is 273 Å². The van der Waals surface area contributed by atoms with Crippen LogP contribution in [-0.4, -0.2) is 13.7 Å². The quantitative estimate of drug-likeness (QED) is 0.144. The smallest absolute Gasteiger partial charge is 0.0583 e. The zero-order chi connectivity index (χ0) is 95.9. The zero-order valence-corrected chi connectivity index (χ0v) is 86.2. The summed E-state index contributed by atoms with van der Waals surface area (Å²) in [6, 6.07) is 103. The maximum absolute atomic E-state index is 2.57. The van der Waals surface area contributed by atoms with Crippen LogP contribution in [0, 0.1) is 0 Å². The molecule has 3 heteroatoms. The summed E-state index contributed by atoms with van der Waals surface area (Å²) in [5.41, 5.74) is 55.9. The van der Waals surface area contributed by atoms with Crippen LogP contribution in [0.25, 0.3) is 149 Å². The van der Waals surface area contributed by atoms with Gasteiger partial charge in [-0.3, -0.25) is 0 Å². The second-order valence-corrected chi connectivity index (χ2v) is 30.4. The Morgan fingerprint density at radius 2 is 0.417 bits per heavy atom. The Kier molecular flexibility index (Phi) is 36.8. The van der Waals surface area contributed by atoms with Crippen LogP contribution in [0.2, 0.25) is 0 Å². The molecule has 3 aliphatic heterocycles. The Morgan fingerprint density at radius 3 is 0.864 bits per heavy atom. The Morgan fingerprint density at radius 1 is 0.152 bits per heavy atom. The first kappa shape index (κ1) is 102. The number of benzene rings is 15. The monoisotopic (exact) mass is 1740 g/mol. The summed E-state index contributed by atoms with van der Waals surface area (Å²) >= 11 is 0. The molecule has 0 N–H and O–H groups in total. The maximum atomic E-state index is 2.57. The lowest BCUT2D eigenvalue weighted by Crippen LogP contribution is -2.11. The highest BCUT2D eigenvalue weighted by Gasteiger charge is 2.36. The lowest BCUT2D eigenvalue weighted by Gasteiger charge is -2.24. The van der Waals surface area contributed by atoms with E-state index >= 15 is 0 Å². The van der Waals surface area contributed by atoms with Gasteiger partial charge in [0.25, 0.3) is 0 Å². The summed E-state index contributed by atoms with van der Waals surface area (Å²) in [5, 5.41) is 8.43. The van der Waals surface area contributed by atoms with Crippen LogP contribution in [0.1, 0.15) is 308 Å². The molecule has 9 aliphatic rings. The average Bonchev–Trinajstić information content (AvgIpc) is 1.55. The van der Waals surface area contributed by atoms with Crippen molar-refractivity contribution < 1.29 is 0 Å². The molecule has 0 fully saturated rings. The summed E-state index contributed by atoms with van der Waals surface area (Å²) in [6.07, 6.45) is 9.26. The van der Waals surface area contributed by atoms with Crippen molar-refractivity contribution in [1.82, 2.24) is 13.7 Å². The van der Waals surface area contributed by atoms with Crippen molar-refractivity contribution in [2.24, 2.45) is 0 Å². The largest absolute Gasteiger partial charge is 0.309 e. The third-order valence-electron chi connectivity index (χ3n) is 25.2. The first-order valence-corrected chi connectivity index (χ1v) is 51.8. The van der Waals surface area contributed by atoms with Gasteiger partial charge in [0.05, 0.1) is 50.2 Å². The standard InChI is InChI=1S/3C33H21N.15C2H6/c1-3-9-24-19(7-1)13-21-14-22-15-23-17-28-25-10-4-2-8-20(25)16-29(28)32-26-11-5-6-12-30(26)34(33(23)32)31(22)18-27(21)24;1-3-9-23-19(7-1)13-21-17-32-22(15-26(21)23)16-29-27-14-20-8-2-4-10-24(20)28(27)18-30-25-11-5-6-12-31(25)34(32)33(29)30;1-3-9-25-19(7-1)13-21-15-22-16-24-17-23-14-20-8-2-4-10-26(20)31(23)32-27-11-5-6-12-29(27)34(33(24)32)30(22)18-28(21)25;15*1-2/h1-12,14,17-18H,13,15-16H2;2*1-12,15,17-18H,13-14,16H2;15*1-2H3. The van der Waals surface area contributed by atoms with Gasteiger partial charge in [0, 0.05) is 51.6 Å². The summed E-state index contributed by atoms with van der Waals surface area (Å²) < 4.78 is 7.72. The Hall–Kier alpha value is -12.3. The Labute approximate surface area is 796 Å². The van der Waals surface area contributed by atoms with Crippen LogP contribution in [0.5, 0.6) is 0 Å². The minimum absolute atomic E-state index is 1.00. The van der Waals surface area contributed by atoms with Crippen LogP contribution < -0.4 is 0 Å². The number of para-hydroxylation sites is 3. The summed E-state index contributed by atoms with van der Waals surface area (Å²) in [5.74, 6) is 0. The third kappa shape index (κ3) is 17.5. The molecule has 0 bridgehead atoms.